The molecule has 3 aromatic rings. The number of nitrogens with one attached hydrogen (secondary N) is 2. The summed E-state index contributed by atoms with van der Waals surface area (Å²) in [6.45, 7) is 1.08. The number of urea groups is 1. The molecule has 0 radical (unpaired) electrons. The van der Waals surface area contributed by atoms with Crippen molar-refractivity contribution in [1.82, 2.24) is 15.2 Å². The summed E-state index contributed by atoms with van der Waals surface area (Å²) in [5.74, 6) is 0.327. The van der Waals surface area contributed by atoms with E-state index in [2.05, 4.69) is 39.9 Å². The molecule has 2 N–H and O–H groups in total. The van der Waals surface area contributed by atoms with E-state index in [0.29, 0.717) is 24.7 Å². The van der Waals surface area contributed by atoms with Crippen molar-refractivity contribution in [2.45, 2.75) is 24.2 Å². The van der Waals surface area contributed by atoms with Gasteiger partial charge in [-0.3, -0.25) is 4.98 Å². The van der Waals surface area contributed by atoms with Crippen LogP contribution in [0, 0.1) is 0 Å². The van der Waals surface area contributed by atoms with Gasteiger partial charge >= 0.3 is 12.2 Å². The van der Waals surface area contributed by atoms with Gasteiger partial charge in [0.15, 0.2) is 0 Å². The number of hydrogen-bond acceptors (Lipinski definition) is 3. The van der Waals surface area contributed by atoms with Crippen LogP contribution in [0.15, 0.2) is 73.1 Å². The van der Waals surface area contributed by atoms with E-state index in [-0.39, 0.29) is 18.1 Å². The Labute approximate surface area is 183 Å². The first-order chi connectivity index (χ1) is 15.4. The summed E-state index contributed by atoms with van der Waals surface area (Å²) in [4.78, 5) is 18.5. The number of piperazine rings is 1. The maximum atomic E-state index is 12.7. The van der Waals surface area contributed by atoms with Gasteiger partial charge in [0, 0.05) is 49.2 Å². The second-order valence-corrected chi connectivity index (χ2v) is 8.18. The third-order valence-corrected chi connectivity index (χ3v) is 6.17. The monoisotopic (exact) mass is 438 g/mol. The fourth-order valence-corrected chi connectivity index (χ4v) is 4.53. The SMILES string of the molecule is O=C(Nc1ccc(C(F)(F)F)cc1)N1C[C@@H]2N[C@H](C1)C2c1ccc(-c2cccnc2)cc1. The molecule has 32 heavy (non-hydrogen) atoms. The highest BCUT2D eigenvalue weighted by Crippen LogP contribution is 2.37. The molecule has 164 valence electrons. The van der Waals surface area contributed by atoms with Gasteiger partial charge in [-0.2, -0.15) is 13.2 Å². The van der Waals surface area contributed by atoms with Crippen LogP contribution in [0.5, 0.6) is 0 Å². The minimum absolute atomic E-state index is 0.149. The molecule has 1 aromatic heterocycles. The van der Waals surface area contributed by atoms with Crippen LogP contribution in [-0.2, 0) is 6.18 Å². The molecule has 3 aliphatic heterocycles. The van der Waals surface area contributed by atoms with Crippen molar-refractivity contribution >= 4 is 11.7 Å². The second-order valence-electron chi connectivity index (χ2n) is 8.18. The van der Waals surface area contributed by atoms with Gasteiger partial charge in [-0.25, -0.2) is 4.79 Å². The van der Waals surface area contributed by atoms with Crippen molar-refractivity contribution in [3.05, 3.63) is 84.2 Å². The molecule has 0 aliphatic carbocycles. The van der Waals surface area contributed by atoms with Crippen LogP contribution >= 0.6 is 0 Å². The first kappa shape index (κ1) is 20.5. The van der Waals surface area contributed by atoms with Gasteiger partial charge in [0.2, 0.25) is 0 Å². The van der Waals surface area contributed by atoms with Crippen LogP contribution in [-0.4, -0.2) is 41.1 Å². The number of aromatic nitrogens is 1. The summed E-state index contributed by atoms with van der Waals surface area (Å²) in [6, 6.07) is 16.9. The minimum atomic E-state index is -4.40. The number of anilines is 1. The van der Waals surface area contributed by atoms with Gasteiger partial charge in [0.25, 0.3) is 0 Å². The standard InChI is InChI=1S/C24H21F3N4O/c25-24(26,27)18-7-9-19(10-8-18)29-23(32)31-13-20-22(21(14-31)30-20)16-5-3-15(4-6-16)17-2-1-11-28-12-17/h1-12,20-22,30H,13-14H2,(H,29,32)/t20-,21+,22?. The van der Waals surface area contributed by atoms with E-state index in [1.54, 1.807) is 11.1 Å². The molecular weight excluding hydrogens is 417 g/mol. The average molecular weight is 438 g/mol. The van der Waals surface area contributed by atoms with Gasteiger partial charge in [-0.1, -0.05) is 30.3 Å². The van der Waals surface area contributed by atoms with Crippen molar-refractivity contribution in [3.63, 3.8) is 0 Å². The number of hydrogen-bond donors (Lipinski definition) is 2. The van der Waals surface area contributed by atoms with E-state index in [4.69, 9.17) is 0 Å². The van der Waals surface area contributed by atoms with Crippen LogP contribution < -0.4 is 10.6 Å². The van der Waals surface area contributed by atoms with E-state index in [1.807, 2.05) is 18.3 Å². The highest BCUT2D eigenvalue weighted by molar-refractivity contribution is 5.89. The van der Waals surface area contributed by atoms with Gasteiger partial charge in [-0.05, 0) is 47.0 Å². The number of amides is 2. The lowest BCUT2D eigenvalue weighted by Crippen LogP contribution is -2.72. The lowest BCUT2D eigenvalue weighted by atomic mass is 9.74. The van der Waals surface area contributed by atoms with Crippen LogP contribution in [0.2, 0.25) is 0 Å². The predicted octanol–water partition coefficient (Wildman–Crippen LogP) is 4.74. The largest absolute Gasteiger partial charge is 0.416 e. The van der Waals surface area contributed by atoms with E-state index < -0.39 is 11.7 Å². The molecule has 5 nitrogen and oxygen atoms in total. The molecule has 0 saturated carbocycles. The Kier molecular flexibility index (Phi) is 5.09. The van der Waals surface area contributed by atoms with Crippen molar-refractivity contribution in [2.24, 2.45) is 0 Å². The number of carbonyl (C=O) groups excluding carboxylic acids is 1. The molecule has 6 rings (SSSR count). The third-order valence-electron chi connectivity index (χ3n) is 6.17. The zero-order valence-corrected chi connectivity index (χ0v) is 17.0. The Hall–Kier alpha value is -3.39. The molecule has 3 saturated heterocycles. The molecule has 2 amide bonds. The molecule has 1 unspecified atom stereocenters. The topological polar surface area (TPSA) is 57.3 Å². The smallest absolute Gasteiger partial charge is 0.321 e. The number of halogens is 3. The molecule has 0 spiro atoms. The Morgan fingerprint density at radius 2 is 1.66 bits per heavy atom. The molecule has 3 atom stereocenters. The van der Waals surface area contributed by atoms with Gasteiger partial charge in [-0.15, -0.1) is 0 Å². The molecule has 2 bridgehead atoms. The number of alkyl halides is 3. The summed E-state index contributed by atoms with van der Waals surface area (Å²) in [5, 5.41) is 6.19. The normalized spacial score (nSPS) is 22.2. The Bertz CT molecular complexity index is 1090. The van der Waals surface area contributed by atoms with E-state index in [1.165, 1.54) is 17.7 Å². The fourth-order valence-electron chi connectivity index (χ4n) is 4.53. The number of piperidine rings is 1. The number of rotatable bonds is 3. The van der Waals surface area contributed by atoms with Gasteiger partial charge < -0.3 is 15.5 Å². The van der Waals surface area contributed by atoms with Crippen molar-refractivity contribution in [1.29, 1.82) is 0 Å². The molecule has 3 aliphatic rings. The Morgan fingerprint density at radius 3 is 2.25 bits per heavy atom. The molecule has 3 fully saturated rings. The Morgan fingerprint density at radius 1 is 0.969 bits per heavy atom. The zero-order chi connectivity index (χ0) is 22.3. The molecular formula is C24H21F3N4O. The van der Waals surface area contributed by atoms with Crippen molar-refractivity contribution in [2.75, 3.05) is 18.4 Å². The number of nitrogens with zero attached hydrogens (tertiary/aromatic N) is 2. The van der Waals surface area contributed by atoms with Crippen LogP contribution in [0.4, 0.5) is 23.7 Å². The maximum Gasteiger partial charge on any atom is 0.416 e. The number of carbonyl (C=O) groups is 1. The van der Waals surface area contributed by atoms with Crippen LogP contribution in [0.25, 0.3) is 11.1 Å². The summed E-state index contributed by atoms with van der Waals surface area (Å²) in [6.07, 6.45) is -0.812. The summed E-state index contributed by atoms with van der Waals surface area (Å²) < 4.78 is 38.1. The number of pyridine rings is 1. The highest BCUT2D eigenvalue weighted by atomic mass is 19.4. The summed E-state index contributed by atoms with van der Waals surface area (Å²) in [5.41, 5.74) is 3.01. The number of fused-ring (bicyclic) bond motifs is 2. The third kappa shape index (κ3) is 3.93. The van der Waals surface area contributed by atoms with Gasteiger partial charge in [0.1, 0.15) is 0 Å². The minimum Gasteiger partial charge on any atom is -0.321 e. The highest BCUT2D eigenvalue weighted by Gasteiger charge is 2.48. The van der Waals surface area contributed by atoms with Crippen LogP contribution in [0.3, 0.4) is 0 Å². The van der Waals surface area contributed by atoms with Crippen molar-refractivity contribution in [3.8, 4) is 11.1 Å². The second kappa shape index (κ2) is 7.94. The summed E-state index contributed by atoms with van der Waals surface area (Å²) >= 11 is 0. The van der Waals surface area contributed by atoms with Crippen LogP contribution in [0.1, 0.15) is 17.0 Å². The Balaban J connectivity index is 1.20. The predicted molar refractivity (Wildman–Crippen MR) is 115 cm³/mol. The van der Waals surface area contributed by atoms with E-state index >= 15 is 0 Å². The maximum absolute atomic E-state index is 12.7. The average Bonchev–Trinajstić information content (AvgIpc) is 2.80. The van der Waals surface area contributed by atoms with E-state index in [0.717, 1.165) is 23.3 Å². The molecule has 2 aromatic carbocycles. The lowest BCUT2D eigenvalue weighted by Gasteiger charge is -2.54. The first-order valence-corrected chi connectivity index (χ1v) is 10.4. The lowest BCUT2D eigenvalue weighted by molar-refractivity contribution is -0.137. The molecule has 8 heteroatoms. The first-order valence-electron chi connectivity index (χ1n) is 10.4. The molecule has 4 heterocycles. The van der Waals surface area contributed by atoms with Crippen molar-refractivity contribution < 1.29 is 18.0 Å². The fraction of sp³-hybridized carbons (Fsp3) is 0.250. The van der Waals surface area contributed by atoms with E-state index in [9.17, 15) is 18.0 Å². The summed E-state index contributed by atoms with van der Waals surface area (Å²) in [7, 11) is 0. The number of benzene rings is 2. The van der Waals surface area contributed by atoms with Gasteiger partial charge in [0.05, 0.1) is 5.56 Å². The zero-order valence-electron chi connectivity index (χ0n) is 17.0. The quantitative estimate of drug-likeness (QED) is 0.621.